The number of piperidine rings is 1. The minimum Gasteiger partial charge on any atom is -0.322 e. The zero-order valence-electron chi connectivity index (χ0n) is 17.2. The summed E-state index contributed by atoms with van der Waals surface area (Å²) in [5.74, 6) is -0.890. The molecule has 0 radical (unpaired) electrons. The van der Waals surface area contributed by atoms with Crippen LogP contribution in [0.5, 0.6) is 0 Å². The average molecular weight is 442 g/mol. The molecule has 2 aliphatic heterocycles. The summed E-state index contributed by atoms with van der Waals surface area (Å²) in [6.07, 6.45) is 0.452. The number of hydrogen-bond acceptors (Lipinski definition) is 5. The van der Waals surface area contributed by atoms with Crippen LogP contribution >= 0.6 is 0 Å². The molecule has 9 heteroatoms. The van der Waals surface area contributed by atoms with E-state index in [-0.39, 0.29) is 41.8 Å². The van der Waals surface area contributed by atoms with E-state index in [4.69, 9.17) is 0 Å². The Hall–Kier alpha value is -3.20. The van der Waals surface area contributed by atoms with Crippen molar-refractivity contribution in [1.29, 1.82) is 0 Å². The Labute approximate surface area is 180 Å². The maximum atomic E-state index is 12.9. The van der Waals surface area contributed by atoms with Crippen molar-refractivity contribution >= 4 is 33.4 Å². The first-order valence-electron chi connectivity index (χ1n) is 10.1. The largest absolute Gasteiger partial charge is 0.322 e. The quantitative estimate of drug-likeness (QED) is 0.692. The lowest BCUT2D eigenvalue weighted by Gasteiger charge is -2.29. The summed E-state index contributed by atoms with van der Waals surface area (Å²) in [6.45, 7) is 4.30. The van der Waals surface area contributed by atoms with Crippen LogP contribution in [0.4, 0.5) is 5.69 Å². The molecule has 0 aliphatic carbocycles. The van der Waals surface area contributed by atoms with Gasteiger partial charge in [-0.1, -0.05) is 32.0 Å². The summed E-state index contributed by atoms with van der Waals surface area (Å²) in [5, 5.41) is 2.26. The molecule has 1 saturated heterocycles. The fourth-order valence-corrected chi connectivity index (χ4v) is 4.91. The van der Waals surface area contributed by atoms with Gasteiger partial charge in [-0.2, -0.15) is 0 Å². The monoisotopic (exact) mass is 441 g/mol. The highest BCUT2D eigenvalue weighted by Gasteiger charge is 2.39. The molecular formula is C22H23N3O5S. The number of nitrogens with zero attached hydrogens (tertiary/aromatic N) is 1. The number of anilines is 1. The van der Waals surface area contributed by atoms with Gasteiger partial charge in [-0.15, -0.1) is 0 Å². The molecule has 0 bridgehead atoms. The van der Waals surface area contributed by atoms with Crippen LogP contribution < -0.4 is 10.0 Å². The molecule has 1 atom stereocenters. The third kappa shape index (κ3) is 4.05. The molecule has 162 valence electrons. The molecule has 0 spiro atoms. The van der Waals surface area contributed by atoms with Crippen LogP contribution in [0, 0.1) is 0 Å². The van der Waals surface area contributed by atoms with Gasteiger partial charge in [0.05, 0.1) is 4.90 Å². The highest BCUT2D eigenvalue weighted by atomic mass is 32.2. The van der Waals surface area contributed by atoms with Gasteiger partial charge in [0, 0.05) is 24.2 Å². The van der Waals surface area contributed by atoms with Gasteiger partial charge in [0.1, 0.15) is 6.04 Å². The lowest BCUT2D eigenvalue weighted by atomic mass is 10.0. The van der Waals surface area contributed by atoms with Gasteiger partial charge in [0.15, 0.2) is 0 Å². The van der Waals surface area contributed by atoms with Crippen molar-refractivity contribution in [2.75, 3.05) is 4.72 Å². The van der Waals surface area contributed by atoms with Crippen molar-refractivity contribution in [3.8, 4) is 0 Å². The van der Waals surface area contributed by atoms with Crippen LogP contribution in [0.1, 0.15) is 54.1 Å². The van der Waals surface area contributed by atoms with Crippen LogP contribution in [0.3, 0.4) is 0 Å². The van der Waals surface area contributed by atoms with E-state index in [1.807, 2.05) is 13.8 Å². The Balaban J connectivity index is 1.53. The van der Waals surface area contributed by atoms with Gasteiger partial charge in [0.25, 0.3) is 15.9 Å². The van der Waals surface area contributed by atoms with Crippen LogP contribution in [0.15, 0.2) is 47.4 Å². The number of nitrogens with one attached hydrogen (secondary N) is 2. The van der Waals surface area contributed by atoms with Gasteiger partial charge in [-0.25, -0.2) is 8.42 Å². The van der Waals surface area contributed by atoms with Gasteiger partial charge >= 0.3 is 0 Å². The van der Waals surface area contributed by atoms with Gasteiger partial charge < -0.3 is 4.90 Å². The molecule has 0 aromatic heterocycles. The van der Waals surface area contributed by atoms with Gasteiger partial charge in [-0.05, 0) is 47.7 Å². The second-order valence-electron chi connectivity index (χ2n) is 8.10. The van der Waals surface area contributed by atoms with E-state index in [1.165, 1.54) is 11.0 Å². The number of fused-ring (bicyclic) bond motifs is 1. The summed E-state index contributed by atoms with van der Waals surface area (Å²) < 4.78 is 28.0. The number of hydrogen-bond donors (Lipinski definition) is 2. The van der Waals surface area contributed by atoms with Gasteiger partial charge in [-0.3, -0.25) is 24.4 Å². The predicted octanol–water partition coefficient (Wildman–Crippen LogP) is 2.37. The lowest BCUT2D eigenvalue weighted by molar-refractivity contribution is -0.136. The van der Waals surface area contributed by atoms with Crippen molar-refractivity contribution in [2.24, 2.45) is 0 Å². The van der Waals surface area contributed by atoms with Gasteiger partial charge in [0.2, 0.25) is 11.8 Å². The SMILES string of the molecule is CC(C)c1ccc(S(=O)(=O)Nc2ccc3c(c2)C(=O)N(C2CCC(=O)NC2=O)C3)cc1. The standard InChI is InChI=1S/C22H23N3O5S/c1-13(2)14-4-7-17(8-5-14)31(29,30)24-16-6-3-15-12-25(22(28)18(15)11-16)19-9-10-20(26)23-21(19)27/h3-8,11,13,19,24H,9-10,12H2,1-2H3,(H,23,26,27). The molecule has 2 heterocycles. The zero-order chi connectivity index (χ0) is 22.3. The van der Waals surface area contributed by atoms with Crippen LogP contribution in [0.25, 0.3) is 0 Å². The third-order valence-corrected chi connectivity index (χ3v) is 7.03. The zero-order valence-corrected chi connectivity index (χ0v) is 18.0. The molecular weight excluding hydrogens is 418 g/mol. The molecule has 2 N–H and O–H groups in total. The Morgan fingerprint density at radius 3 is 2.42 bits per heavy atom. The average Bonchev–Trinajstić information content (AvgIpc) is 3.04. The molecule has 31 heavy (non-hydrogen) atoms. The number of imide groups is 1. The molecule has 2 aromatic rings. The van der Waals surface area contributed by atoms with E-state index in [9.17, 15) is 22.8 Å². The normalized spacial score (nSPS) is 18.9. The lowest BCUT2D eigenvalue weighted by Crippen LogP contribution is -2.52. The highest BCUT2D eigenvalue weighted by Crippen LogP contribution is 2.30. The molecule has 0 saturated carbocycles. The summed E-state index contributed by atoms with van der Waals surface area (Å²) in [4.78, 5) is 38.0. The number of carbonyl (C=O) groups is 3. The summed E-state index contributed by atoms with van der Waals surface area (Å²) in [6, 6.07) is 10.7. The molecule has 1 fully saturated rings. The molecule has 1 unspecified atom stereocenters. The number of rotatable bonds is 5. The molecule has 2 aromatic carbocycles. The minimum absolute atomic E-state index is 0.133. The second-order valence-corrected chi connectivity index (χ2v) is 9.78. The van der Waals surface area contributed by atoms with E-state index >= 15 is 0 Å². The van der Waals surface area contributed by atoms with Crippen LogP contribution in [-0.4, -0.2) is 37.1 Å². The van der Waals surface area contributed by atoms with Crippen LogP contribution in [-0.2, 0) is 26.2 Å². The van der Waals surface area contributed by atoms with Crippen molar-refractivity contribution in [1.82, 2.24) is 10.2 Å². The van der Waals surface area contributed by atoms with Crippen LogP contribution in [0.2, 0.25) is 0 Å². The maximum absolute atomic E-state index is 12.9. The first kappa shape index (κ1) is 21.0. The summed E-state index contributed by atoms with van der Waals surface area (Å²) in [7, 11) is -3.82. The summed E-state index contributed by atoms with van der Waals surface area (Å²) >= 11 is 0. The summed E-state index contributed by atoms with van der Waals surface area (Å²) in [5.41, 5.74) is 2.36. The first-order valence-corrected chi connectivity index (χ1v) is 11.5. The van der Waals surface area contributed by atoms with E-state index in [0.29, 0.717) is 17.0 Å². The smallest absolute Gasteiger partial charge is 0.261 e. The fraction of sp³-hybridized carbons (Fsp3) is 0.318. The Kier molecular flexibility index (Phi) is 5.30. The van der Waals surface area contributed by atoms with Crippen molar-refractivity contribution in [3.63, 3.8) is 0 Å². The molecule has 2 aliphatic rings. The molecule has 8 nitrogen and oxygen atoms in total. The highest BCUT2D eigenvalue weighted by molar-refractivity contribution is 7.92. The number of carbonyl (C=O) groups excluding carboxylic acids is 3. The number of benzene rings is 2. The van der Waals surface area contributed by atoms with E-state index in [2.05, 4.69) is 10.0 Å². The van der Waals surface area contributed by atoms with Crippen molar-refractivity contribution in [2.45, 2.75) is 50.1 Å². The van der Waals surface area contributed by atoms with Crippen molar-refractivity contribution < 1.29 is 22.8 Å². The maximum Gasteiger partial charge on any atom is 0.261 e. The predicted molar refractivity (Wildman–Crippen MR) is 114 cm³/mol. The first-order chi connectivity index (χ1) is 14.7. The van der Waals surface area contributed by atoms with E-state index < -0.39 is 22.0 Å². The Bertz CT molecular complexity index is 1170. The second kappa shape index (κ2) is 7.81. The van der Waals surface area contributed by atoms with E-state index in [1.54, 1.807) is 36.4 Å². The Morgan fingerprint density at radius 1 is 1.06 bits per heavy atom. The Morgan fingerprint density at radius 2 is 1.77 bits per heavy atom. The van der Waals surface area contributed by atoms with Crippen molar-refractivity contribution in [3.05, 3.63) is 59.2 Å². The fourth-order valence-electron chi connectivity index (χ4n) is 3.86. The van der Waals surface area contributed by atoms with E-state index in [0.717, 1.165) is 5.56 Å². The minimum atomic E-state index is -3.82. The number of amides is 3. The number of sulfonamides is 1. The third-order valence-electron chi connectivity index (χ3n) is 5.64. The molecule has 3 amide bonds. The molecule has 4 rings (SSSR count). The topological polar surface area (TPSA) is 113 Å².